The largest absolute Gasteiger partial charge is 0.294 e. The summed E-state index contributed by atoms with van der Waals surface area (Å²) < 4.78 is 0. The summed E-state index contributed by atoms with van der Waals surface area (Å²) in [6.45, 7) is 0. The number of benzene rings is 1. The van der Waals surface area contributed by atoms with Crippen LogP contribution in [0.4, 0.5) is 0 Å². The van der Waals surface area contributed by atoms with Crippen molar-refractivity contribution in [3.8, 4) is 0 Å². The molecule has 1 fully saturated rings. The molecule has 15 heavy (non-hydrogen) atoms. The first-order chi connectivity index (χ1) is 7.36. The van der Waals surface area contributed by atoms with Crippen LogP contribution < -0.4 is 0 Å². The maximum absolute atomic E-state index is 12.3. The maximum Gasteiger partial charge on any atom is 0.166 e. The maximum atomic E-state index is 12.3. The Kier molecular flexibility index (Phi) is 2.12. The van der Waals surface area contributed by atoms with Crippen LogP contribution in [0.5, 0.6) is 0 Å². The molecule has 2 aliphatic carbocycles. The van der Waals surface area contributed by atoms with Crippen LogP contribution >= 0.6 is 0 Å². The van der Waals surface area contributed by atoms with E-state index in [4.69, 9.17) is 0 Å². The van der Waals surface area contributed by atoms with Crippen molar-refractivity contribution < 1.29 is 4.79 Å². The van der Waals surface area contributed by atoms with Crippen LogP contribution in [0, 0.1) is 11.8 Å². The van der Waals surface area contributed by atoms with Crippen LogP contribution in [0.1, 0.15) is 41.6 Å². The zero-order chi connectivity index (χ0) is 10.3. The van der Waals surface area contributed by atoms with Crippen LogP contribution in [0.15, 0.2) is 24.3 Å². The van der Waals surface area contributed by atoms with Gasteiger partial charge in [0.15, 0.2) is 5.78 Å². The Bertz CT molecular complexity index is 394. The second-order valence-electron chi connectivity index (χ2n) is 4.88. The second kappa shape index (κ2) is 3.48. The SMILES string of the molecule is O=C1c2ccccc2CC2CCCCC12. The molecule has 1 saturated carbocycles. The van der Waals surface area contributed by atoms with Crippen molar-refractivity contribution >= 4 is 5.78 Å². The van der Waals surface area contributed by atoms with Crippen molar-refractivity contribution in [2.75, 3.05) is 0 Å². The third-order valence-corrected chi connectivity index (χ3v) is 4.01. The zero-order valence-electron chi connectivity index (χ0n) is 8.91. The van der Waals surface area contributed by atoms with E-state index >= 15 is 0 Å². The number of carbonyl (C=O) groups excluding carboxylic acids is 1. The topological polar surface area (TPSA) is 17.1 Å². The molecule has 0 radical (unpaired) electrons. The van der Waals surface area contributed by atoms with Gasteiger partial charge in [-0.15, -0.1) is 0 Å². The molecule has 0 spiro atoms. The monoisotopic (exact) mass is 200 g/mol. The molecule has 0 N–H and O–H groups in total. The number of fused-ring (bicyclic) bond motifs is 2. The summed E-state index contributed by atoms with van der Waals surface area (Å²) in [4.78, 5) is 12.3. The fourth-order valence-corrected chi connectivity index (χ4v) is 3.22. The van der Waals surface area contributed by atoms with Crippen molar-refractivity contribution in [3.05, 3.63) is 35.4 Å². The van der Waals surface area contributed by atoms with Crippen LogP contribution in [0.25, 0.3) is 0 Å². The first kappa shape index (κ1) is 9.14. The van der Waals surface area contributed by atoms with Crippen LogP contribution in [0.3, 0.4) is 0 Å². The summed E-state index contributed by atoms with van der Waals surface area (Å²) in [7, 11) is 0. The highest BCUT2D eigenvalue weighted by Gasteiger charge is 2.36. The minimum atomic E-state index is 0.341. The molecule has 2 aliphatic rings. The Balaban J connectivity index is 2.02. The van der Waals surface area contributed by atoms with Gasteiger partial charge in [-0.25, -0.2) is 0 Å². The average Bonchev–Trinajstić information content (AvgIpc) is 2.30. The van der Waals surface area contributed by atoms with Gasteiger partial charge in [-0.2, -0.15) is 0 Å². The Morgan fingerprint density at radius 3 is 2.80 bits per heavy atom. The number of hydrogen-bond donors (Lipinski definition) is 0. The first-order valence-corrected chi connectivity index (χ1v) is 5.98. The lowest BCUT2D eigenvalue weighted by Crippen LogP contribution is -2.33. The predicted octanol–water partition coefficient (Wildman–Crippen LogP) is 3.23. The molecule has 1 aromatic carbocycles. The summed E-state index contributed by atoms with van der Waals surface area (Å²) in [6.07, 6.45) is 6.07. The van der Waals surface area contributed by atoms with Gasteiger partial charge in [0.2, 0.25) is 0 Å². The molecule has 1 aromatic rings. The third kappa shape index (κ3) is 1.41. The molecular formula is C14H16O. The normalized spacial score (nSPS) is 29.5. The van der Waals surface area contributed by atoms with Crippen molar-refractivity contribution in [1.82, 2.24) is 0 Å². The van der Waals surface area contributed by atoms with Crippen LogP contribution in [-0.4, -0.2) is 5.78 Å². The molecule has 78 valence electrons. The van der Waals surface area contributed by atoms with E-state index in [2.05, 4.69) is 12.1 Å². The highest BCUT2D eigenvalue weighted by molar-refractivity contribution is 6.00. The average molecular weight is 200 g/mol. The van der Waals surface area contributed by atoms with Crippen molar-refractivity contribution in [2.24, 2.45) is 11.8 Å². The summed E-state index contributed by atoms with van der Waals surface area (Å²) >= 11 is 0. The molecule has 1 nitrogen and oxygen atoms in total. The van der Waals surface area contributed by atoms with Gasteiger partial charge in [-0.3, -0.25) is 4.79 Å². The number of carbonyl (C=O) groups is 1. The van der Waals surface area contributed by atoms with E-state index in [1.165, 1.54) is 24.8 Å². The number of Topliss-reactive ketones (excluding diaryl/α,β-unsaturated/α-hetero) is 1. The lowest BCUT2D eigenvalue weighted by Gasteiger charge is -2.35. The van der Waals surface area contributed by atoms with E-state index in [-0.39, 0.29) is 0 Å². The molecule has 3 rings (SSSR count). The van der Waals surface area contributed by atoms with Gasteiger partial charge < -0.3 is 0 Å². The molecule has 0 bridgehead atoms. The lowest BCUT2D eigenvalue weighted by molar-refractivity contribution is 0.0800. The number of hydrogen-bond acceptors (Lipinski definition) is 1. The van der Waals surface area contributed by atoms with Gasteiger partial charge in [0.25, 0.3) is 0 Å². The Morgan fingerprint density at radius 1 is 1.07 bits per heavy atom. The van der Waals surface area contributed by atoms with E-state index in [0.29, 0.717) is 17.6 Å². The zero-order valence-corrected chi connectivity index (χ0v) is 8.91. The fraction of sp³-hybridized carbons (Fsp3) is 0.500. The van der Waals surface area contributed by atoms with Gasteiger partial charge in [0.05, 0.1) is 0 Å². The van der Waals surface area contributed by atoms with Gasteiger partial charge in [-0.1, -0.05) is 37.1 Å². The minimum Gasteiger partial charge on any atom is -0.294 e. The molecule has 0 heterocycles. The molecule has 1 heteroatoms. The van der Waals surface area contributed by atoms with E-state index in [1.807, 2.05) is 12.1 Å². The molecule has 2 atom stereocenters. The second-order valence-corrected chi connectivity index (χ2v) is 4.88. The van der Waals surface area contributed by atoms with E-state index in [9.17, 15) is 4.79 Å². The summed E-state index contributed by atoms with van der Waals surface area (Å²) in [6, 6.07) is 8.16. The van der Waals surface area contributed by atoms with Gasteiger partial charge in [0, 0.05) is 11.5 Å². The molecule has 0 saturated heterocycles. The molecule has 0 amide bonds. The molecule has 2 unspecified atom stereocenters. The minimum absolute atomic E-state index is 0.341. The van der Waals surface area contributed by atoms with E-state index < -0.39 is 0 Å². The van der Waals surface area contributed by atoms with Crippen molar-refractivity contribution in [2.45, 2.75) is 32.1 Å². The van der Waals surface area contributed by atoms with Gasteiger partial charge in [-0.05, 0) is 30.7 Å². The van der Waals surface area contributed by atoms with Gasteiger partial charge in [0.1, 0.15) is 0 Å². The standard InChI is InChI=1S/C14H16O/c15-14-12-7-3-1-5-10(12)9-11-6-2-4-8-13(11)14/h1,3,5,7,11,13H,2,4,6,8-9H2. The number of ketones is 1. The smallest absolute Gasteiger partial charge is 0.166 e. The molecular weight excluding hydrogens is 184 g/mol. The summed E-state index contributed by atoms with van der Waals surface area (Å²) in [5.41, 5.74) is 2.28. The molecule has 0 aliphatic heterocycles. The van der Waals surface area contributed by atoms with Gasteiger partial charge >= 0.3 is 0 Å². The van der Waals surface area contributed by atoms with Crippen LogP contribution in [-0.2, 0) is 6.42 Å². The Labute approximate surface area is 90.5 Å². The molecule has 0 aromatic heterocycles. The summed E-state index contributed by atoms with van der Waals surface area (Å²) in [5, 5.41) is 0. The number of rotatable bonds is 0. The Morgan fingerprint density at radius 2 is 1.87 bits per heavy atom. The third-order valence-electron chi connectivity index (χ3n) is 4.01. The van der Waals surface area contributed by atoms with Crippen molar-refractivity contribution in [1.29, 1.82) is 0 Å². The predicted molar refractivity (Wildman–Crippen MR) is 59.9 cm³/mol. The van der Waals surface area contributed by atoms with E-state index in [0.717, 1.165) is 18.4 Å². The highest BCUT2D eigenvalue weighted by Crippen LogP contribution is 2.39. The lowest BCUT2D eigenvalue weighted by atomic mass is 9.68. The first-order valence-electron chi connectivity index (χ1n) is 5.98. The Hall–Kier alpha value is -1.11. The fourth-order valence-electron chi connectivity index (χ4n) is 3.22. The van der Waals surface area contributed by atoms with Crippen LogP contribution in [0.2, 0.25) is 0 Å². The summed E-state index contributed by atoms with van der Waals surface area (Å²) in [5.74, 6) is 1.40. The highest BCUT2D eigenvalue weighted by atomic mass is 16.1. The quantitative estimate of drug-likeness (QED) is 0.628. The van der Waals surface area contributed by atoms with E-state index in [1.54, 1.807) is 0 Å². The van der Waals surface area contributed by atoms with Crippen molar-refractivity contribution in [3.63, 3.8) is 0 Å².